The Balaban J connectivity index is 0. The molecule has 0 aliphatic carbocycles. The second kappa shape index (κ2) is 73.4. The first-order valence-electron chi connectivity index (χ1n) is 36.2. The van der Waals surface area contributed by atoms with Gasteiger partial charge in [0.15, 0.2) is 0 Å². The van der Waals surface area contributed by atoms with Crippen molar-refractivity contribution in [2.75, 3.05) is 6.61 Å². The number of unbranched alkanes of at least 4 members (excludes halogenated alkanes) is 62. The van der Waals surface area contributed by atoms with Gasteiger partial charge in [0, 0.05) is 11.6 Å². The molecule has 0 fully saturated rings. The van der Waals surface area contributed by atoms with Crippen molar-refractivity contribution < 1.29 is 19.4 Å². The van der Waals surface area contributed by atoms with Crippen LogP contribution in [0.3, 0.4) is 0 Å². The van der Waals surface area contributed by atoms with Crippen molar-refractivity contribution in [3.8, 4) is 0 Å². The van der Waals surface area contributed by atoms with E-state index in [9.17, 15) is 9.59 Å². The smallest absolute Gasteiger partial charge is 0.330 e. The summed E-state index contributed by atoms with van der Waals surface area (Å²) in [7, 11) is 0. The molecule has 0 radical (unpaired) electrons. The molecular weight excluding hydrogens is 953 g/mol. The minimum absolute atomic E-state index is 0.296. The number of carboxylic acids is 1. The Morgan fingerprint density at radius 3 is 0.590 bits per heavy atom. The van der Waals surface area contributed by atoms with Gasteiger partial charge in [0.2, 0.25) is 0 Å². The summed E-state index contributed by atoms with van der Waals surface area (Å²) in [5, 5.41) is 8.80. The quantitative estimate of drug-likeness (QED) is 0.0374. The summed E-state index contributed by atoms with van der Waals surface area (Å²) in [6, 6.07) is 0. The number of ether oxygens (including phenoxy) is 1. The zero-order chi connectivity index (χ0) is 56.8. The Kier molecular flexibility index (Phi) is 73.9. The molecular formula is C74H144O4. The van der Waals surface area contributed by atoms with Crippen molar-refractivity contribution >= 4 is 11.9 Å². The number of carbonyl (C=O) groups is 2. The molecule has 0 rings (SSSR count). The molecule has 464 valence electrons. The minimum atomic E-state index is -0.837. The molecule has 0 aliphatic rings. The van der Waals surface area contributed by atoms with E-state index in [1.54, 1.807) is 0 Å². The average molecular weight is 1100 g/mol. The number of carboxylic acid groups (broad SMARTS) is 1. The summed E-state index contributed by atoms with van der Waals surface area (Å²) >= 11 is 0. The lowest BCUT2D eigenvalue weighted by molar-refractivity contribution is -0.138. The average Bonchev–Trinajstić information content (AvgIpc) is 3.44. The lowest BCUT2D eigenvalue weighted by Crippen LogP contribution is -2.01. The lowest BCUT2D eigenvalue weighted by Gasteiger charge is -2.05. The first-order chi connectivity index (χ1) is 38.5. The Bertz CT molecular complexity index is 1140. The SMILES string of the molecule is C=C(CCCCCCCCCCCCCCCCCCCCCCCCCCCCCCCCCC)C(=O)O.C=CC(=O)OCCCCCCCCCCCCCCCCCCCCCCCCCCCCCCCCCC. The number of carbonyl (C=O) groups excluding carboxylic acids is 1. The summed E-state index contributed by atoms with van der Waals surface area (Å²) in [6.45, 7) is 12.2. The molecule has 0 atom stereocenters. The predicted octanol–water partition coefficient (Wildman–Crippen LogP) is 26.7. The molecule has 0 heterocycles. The van der Waals surface area contributed by atoms with Crippen molar-refractivity contribution in [2.24, 2.45) is 0 Å². The molecule has 4 nitrogen and oxygen atoms in total. The largest absolute Gasteiger partial charge is 0.478 e. The highest BCUT2D eigenvalue weighted by atomic mass is 16.5. The highest BCUT2D eigenvalue weighted by molar-refractivity contribution is 5.85. The number of hydrogen-bond acceptors (Lipinski definition) is 3. The van der Waals surface area contributed by atoms with Crippen molar-refractivity contribution in [2.45, 2.75) is 431 Å². The third kappa shape index (κ3) is 74.4. The lowest BCUT2D eigenvalue weighted by atomic mass is 10.0. The normalized spacial score (nSPS) is 11.3. The third-order valence-electron chi connectivity index (χ3n) is 17.0. The summed E-state index contributed by atoms with van der Waals surface area (Å²) in [5.74, 6) is -1.13. The highest BCUT2D eigenvalue weighted by Gasteiger charge is 2.04. The second-order valence-corrected chi connectivity index (χ2v) is 25.0. The minimum Gasteiger partial charge on any atom is -0.478 e. The fourth-order valence-electron chi connectivity index (χ4n) is 11.5. The predicted molar refractivity (Wildman–Crippen MR) is 349 cm³/mol. The van der Waals surface area contributed by atoms with E-state index in [4.69, 9.17) is 9.84 Å². The van der Waals surface area contributed by atoms with Gasteiger partial charge in [-0.3, -0.25) is 0 Å². The fraction of sp³-hybridized carbons (Fsp3) is 0.919. The van der Waals surface area contributed by atoms with Gasteiger partial charge in [-0.05, 0) is 19.3 Å². The van der Waals surface area contributed by atoms with Gasteiger partial charge in [-0.1, -0.05) is 425 Å². The maximum Gasteiger partial charge on any atom is 0.330 e. The standard InChI is InChI=1S/2C37H72O2/c1-3-4-5-6-7-8-9-10-11-12-13-14-15-16-17-18-19-20-21-22-23-24-25-26-27-28-29-30-31-32-33-34-35-36(2)37(38)39;1-3-5-6-7-8-9-10-11-12-13-14-15-16-17-18-19-20-21-22-23-24-25-26-27-28-29-30-31-32-33-34-35-36-39-37(38)4-2/h2-35H2,1H3,(H,38,39);4H,2-3,5-36H2,1H3. The van der Waals surface area contributed by atoms with Crippen LogP contribution in [0.1, 0.15) is 431 Å². The van der Waals surface area contributed by atoms with E-state index >= 15 is 0 Å². The highest BCUT2D eigenvalue weighted by Crippen LogP contribution is 2.20. The van der Waals surface area contributed by atoms with Crippen LogP contribution in [0.15, 0.2) is 24.8 Å². The molecule has 0 aliphatic heterocycles. The van der Waals surface area contributed by atoms with Gasteiger partial charge in [0.25, 0.3) is 0 Å². The Labute approximate surface area is 491 Å². The number of hydrogen-bond donors (Lipinski definition) is 1. The van der Waals surface area contributed by atoms with Crippen LogP contribution >= 0.6 is 0 Å². The fourth-order valence-corrected chi connectivity index (χ4v) is 11.5. The summed E-state index contributed by atoms with van der Waals surface area (Å²) in [5.41, 5.74) is 0.362. The number of esters is 1. The molecule has 0 saturated carbocycles. The van der Waals surface area contributed by atoms with Crippen molar-refractivity contribution in [3.63, 3.8) is 0 Å². The van der Waals surface area contributed by atoms with Gasteiger partial charge in [0.05, 0.1) is 6.61 Å². The number of rotatable bonds is 68. The van der Waals surface area contributed by atoms with Gasteiger partial charge < -0.3 is 9.84 Å². The zero-order valence-corrected chi connectivity index (χ0v) is 53.8. The molecule has 0 spiro atoms. The van der Waals surface area contributed by atoms with E-state index in [-0.39, 0.29) is 5.97 Å². The van der Waals surface area contributed by atoms with E-state index in [1.165, 1.54) is 398 Å². The molecule has 0 aromatic carbocycles. The van der Waals surface area contributed by atoms with E-state index in [0.29, 0.717) is 18.6 Å². The van der Waals surface area contributed by atoms with Gasteiger partial charge in [-0.15, -0.1) is 0 Å². The van der Waals surface area contributed by atoms with Gasteiger partial charge in [-0.25, -0.2) is 9.59 Å². The second-order valence-electron chi connectivity index (χ2n) is 25.0. The van der Waals surface area contributed by atoms with Crippen LogP contribution in [-0.4, -0.2) is 23.7 Å². The molecule has 1 N–H and O–H groups in total. The van der Waals surface area contributed by atoms with Crippen LogP contribution in [0.2, 0.25) is 0 Å². The van der Waals surface area contributed by atoms with Crippen LogP contribution in [0, 0.1) is 0 Å². The molecule has 0 amide bonds. The monoisotopic (exact) mass is 1100 g/mol. The van der Waals surface area contributed by atoms with Crippen molar-refractivity contribution in [1.29, 1.82) is 0 Å². The van der Waals surface area contributed by atoms with Crippen LogP contribution in [0.25, 0.3) is 0 Å². The molecule has 0 aromatic heterocycles. The van der Waals surface area contributed by atoms with Gasteiger partial charge >= 0.3 is 11.9 Å². The summed E-state index contributed by atoms with van der Waals surface area (Å²) in [6.07, 6.45) is 92.7. The van der Waals surface area contributed by atoms with Crippen LogP contribution in [0.4, 0.5) is 0 Å². The summed E-state index contributed by atoms with van der Waals surface area (Å²) in [4.78, 5) is 21.6. The van der Waals surface area contributed by atoms with Crippen molar-refractivity contribution in [3.05, 3.63) is 24.8 Å². The summed E-state index contributed by atoms with van der Waals surface area (Å²) < 4.78 is 5.00. The molecule has 0 unspecified atom stereocenters. The molecule has 0 bridgehead atoms. The van der Waals surface area contributed by atoms with Crippen LogP contribution < -0.4 is 0 Å². The zero-order valence-electron chi connectivity index (χ0n) is 53.8. The van der Waals surface area contributed by atoms with E-state index in [1.807, 2.05) is 0 Å². The van der Waals surface area contributed by atoms with E-state index in [2.05, 4.69) is 27.0 Å². The maximum atomic E-state index is 10.9. The van der Waals surface area contributed by atoms with Gasteiger partial charge in [0.1, 0.15) is 0 Å². The third-order valence-corrected chi connectivity index (χ3v) is 17.0. The first kappa shape index (κ1) is 78.5. The van der Waals surface area contributed by atoms with Gasteiger partial charge in [-0.2, -0.15) is 0 Å². The maximum absolute atomic E-state index is 10.9. The number of aliphatic carboxylic acids is 1. The van der Waals surface area contributed by atoms with E-state index in [0.717, 1.165) is 19.3 Å². The van der Waals surface area contributed by atoms with E-state index < -0.39 is 5.97 Å². The molecule has 4 heteroatoms. The molecule has 0 aromatic rings. The Morgan fingerprint density at radius 2 is 0.436 bits per heavy atom. The Morgan fingerprint density at radius 1 is 0.282 bits per heavy atom. The topological polar surface area (TPSA) is 63.6 Å². The molecule has 78 heavy (non-hydrogen) atoms. The Hall–Kier alpha value is -1.58. The van der Waals surface area contributed by atoms with Crippen LogP contribution in [0.5, 0.6) is 0 Å². The van der Waals surface area contributed by atoms with Crippen LogP contribution in [-0.2, 0) is 14.3 Å². The molecule has 0 saturated heterocycles. The first-order valence-corrected chi connectivity index (χ1v) is 36.2. The van der Waals surface area contributed by atoms with Crippen molar-refractivity contribution in [1.82, 2.24) is 0 Å².